The smallest absolute Gasteiger partial charge is 0.330 e. The van der Waals surface area contributed by atoms with Crippen LogP contribution in [0.4, 0.5) is 0 Å². The van der Waals surface area contributed by atoms with Crippen molar-refractivity contribution in [3.8, 4) is 0 Å². The molecule has 2 N–H and O–H groups in total. The number of aromatic nitrogens is 2. The van der Waals surface area contributed by atoms with Crippen LogP contribution in [0.1, 0.15) is 18.2 Å². The molecule has 0 aliphatic carbocycles. The van der Waals surface area contributed by atoms with Gasteiger partial charge < -0.3 is 19.1 Å². The zero-order valence-electron chi connectivity index (χ0n) is 13.7. The Morgan fingerprint density at radius 1 is 1.43 bits per heavy atom. The SMILES string of the molecule is CO[C@@H]1[C@H](O)[C@@H](CCP(C)(C)=O)O[C@H]1n1cc(C)c(=O)[nH]c1=O. The lowest BCUT2D eigenvalue weighted by Crippen LogP contribution is -2.39. The van der Waals surface area contributed by atoms with Crippen molar-refractivity contribution >= 4 is 7.14 Å². The highest BCUT2D eigenvalue weighted by atomic mass is 31.2. The summed E-state index contributed by atoms with van der Waals surface area (Å²) in [6, 6.07) is 0. The molecule has 1 aromatic heterocycles. The molecule has 0 aromatic carbocycles. The van der Waals surface area contributed by atoms with Crippen LogP contribution < -0.4 is 11.2 Å². The first-order chi connectivity index (χ1) is 10.6. The molecule has 130 valence electrons. The summed E-state index contributed by atoms with van der Waals surface area (Å²) in [5, 5.41) is 10.4. The fourth-order valence-corrected chi connectivity index (χ4v) is 3.53. The maximum absolute atomic E-state index is 12.0. The van der Waals surface area contributed by atoms with Gasteiger partial charge in [-0.15, -0.1) is 0 Å². The van der Waals surface area contributed by atoms with Gasteiger partial charge in [0.2, 0.25) is 0 Å². The predicted molar refractivity (Wildman–Crippen MR) is 85.7 cm³/mol. The van der Waals surface area contributed by atoms with Crippen LogP contribution in [0.2, 0.25) is 0 Å². The highest BCUT2D eigenvalue weighted by molar-refractivity contribution is 7.62. The number of aryl methyl sites for hydroxylation is 1. The molecule has 1 aliphatic rings. The van der Waals surface area contributed by atoms with Crippen LogP contribution in [-0.2, 0) is 14.0 Å². The lowest BCUT2D eigenvalue weighted by atomic mass is 10.1. The highest BCUT2D eigenvalue weighted by Crippen LogP contribution is 2.40. The van der Waals surface area contributed by atoms with Gasteiger partial charge in [0.05, 0.1) is 13.2 Å². The van der Waals surface area contributed by atoms with Crippen LogP contribution in [0.25, 0.3) is 0 Å². The minimum absolute atomic E-state index is 0.354. The van der Waals surface area contributed by atoms with Crippen molar-refractivity contribution < 1.29 is 19.1 Å². The number of hydrogen-bond acceptors (Lipinski definition) is 6. The Kier molecular flexibility index (Phi) is 5.30. The summed E-state index contributed by atoms with van der Waals surface area (Å²) >= 11 is 0. The molecule has 2 heterocycles. The van der Waals surface area contributed by atoms with Crippen molar-refractivity contribution in [2.24, 2.45) is 0 Å². The Hall–Kier alpha value is -1.21. The minimum atomic E-state index is -2.24. The number of nitrogens with zero attached hydrogens (tertiary/aromatic N) is 1. The molecule has 1 aromatic rings. The maximum Gasteiger partial charge on any atom is 0.330 e. The number of hydrogen-bond donors (Lipinski definition) is 2. The van der Waals surface area contributed by atoms with Gasteiger partial charge in [0.15, 0.2) is 6.23 Å². The Morgan fingerprint density at radius 2 is 2.09 bits per heavy atom. The third-order valence-electron chi connectivity index (χ3n) is 3.96. The Balaban J connectivity index is 2.29. The molecule has 8 nitrogen and oxygen atoms in total. The van der Waals surface area contributed by atoms with E-state index in [0.29, 0.717) is 18.1 Å². The molecule has 0 saturated carbocycles. The van der Waals surface area contributed by atoms with E-state index in [1.807, 2.05) is 0 Å². The summed E-state index contributed by atoms with van der Waals surface area (Å²) in [5.41, 5.74) is -0.738. The molecule has 0 amide bonds. The third kappa shape index (κ3) is 4.01. The predicted octanol–water partition coefficient (Wildman–Crippen LogP) is 0.131. The lowest BCUT2D eigenvalue weighted by Gasteiger charge is -2.20. The second-order valence-electron chi connectivity index (χ2n) is 6.32. The van der Waals surface area contributed by atoms with Gasteiger partial charge in [-0.2, -0.15) is 0 Å². The normalized spacial score (nSPS) is 28.2. The van der Waals surface area contributed by atoms with Crippen molar-refractivity contribution in [2.75, 3.05) is 26.6 Å². The standard InChI is InChI=1S/C14H23N2O6P/c1-8-7-16(14(19)15-12(8)18)13-11(21-2)10(17)9(22-13)5-6-23(3,4)20/h7,9-11,13,17H,5-6H2,1-4H3,(H,15,18,19)/t9-,10-,11-,13-/m1/s1. The molecule has 1 fully saturated rings. The average molecular weight is 346 g/mol. The number of H-pyrrole nitrogens is 1. The van der Waals surface area contributed by atoms with Gasteiger partial charge in [-0.05, 0) is 26.7 Å². The number of aliphatic hydroxyl groups excluding tert-OH is 1. The topological polar surface area (TPSA) is 111 Å². The molecule has 0 bridgehead atoms. The van der Waals surface area contributed by atoms with E-state index < -0.39 is 42.9 Å². The fourth-order valence-electron chi connectivity index (χ4n) is 2.65. The van der Waals surface area contributed by atoms with Crippen LogP contribution in [-0.4, -0.2) is 59.6 Å². The first-order valence-electron chi connectivity index (χ1n) is 7.36. The summed E-state index contributed by atoms with van der Waals surface area (Å²) in [4.78, 5) is 25.7. The summed E-state index contributed by atoms with van der Waals surface area (Å²) in [5.74, 6) is 0. The lowest BCUT2D eigenvalue weighted by molar-refractivity contribution is -0.0542. The van der Waals surface area contributed by atoms with Crippen LogP contribution in [0.3, 0.4) is 0 Å². The number of ether oxygens (including phenoxy) is 2. The van der Waals surface area contributed by atoms with E-state index in [-0.39, 0.29) is 0 Å². The minimum Gasteiger partial charge on any atom is -0.388 e. The Bertz CT molecular complexity index is 721. The van der Waals surface area contributed by atoms with E-state index in [1.54, 1.807) is 20.3 Å². The van der Waals surface area contributed by atoms with E-state index in [1.165, 1.54) is 17.9 Å². The van der Waals surface area contributed by atoms with Crippen molar-refractivity contribution in [3.63, 3.8) is 0 Å². The van der Waals surface area contributed by atoms with Crippen molar-refractivity contribution in [3.05, 3.63) is 32.6 Å². The first-order valence-corrected chi connectivity index (χ1v) is 10.1. The van der Waals surface area contributed by atoms with Crippen LogP contribution in [0.5, 0.6) is 0 Å². The monoisotopic (exact) mass is 346 g/mol. The van der Waals surface area contributed by atoms with Crippen LogP contribution >= 0.6 is 7.14 Å². The molecule has 9 heteroatoms. The van der Waals surface area contributed by atoms with Crippen molar-refractivity contribution in [1.29, 1.82) is 0 Å². The van der Waals surface area contributed by atoms with Crippen molar-refractivity contribution in [2.45, 2.75) is 37.9 Å². The van der Waals surface area contributed by atoms with E-state index in [4.69, 9.17) is 9.47 Å². The second-order valence-corrected chi connectivity index (χ2v) is 9.92. The second kappa shape index (κ2) is 6.73. The first kappa shape index (κ1) is 18.1. The molecule has 1 saturated heterocycles. The Labute approximate surface area is 133 Å². The van der Waals surface area contributed by atoms with Gasteiger partial charge in [0, 0.05) is 25.0 Å². The van der Waals surface area contributed by atoms with Gasteiger partial charge in [-0.3, -0.25) is 14.3 Å². The average Bonchev–Trinajstić information content (AvgIpc) is 2.76. The molecule has 0 unspecified atom stereocenters. The summed E-state index contributed by atoms with van der Waals surface area (Å²) in [6.45, 7) is 4.93. The van der Waals surface area contributed by atoms with Crippen LogP contribution in [0.15, 0.2) is 15.8 Å². The van der Waals surface area contributed by atoms with Gasteiger partial charge in [0.1, 0.15) is 12.2 Å². The molecule has 0 spiro atoms. The molecule has 4 atom stereocenters. The molecule has 2 rings (SSSR count). The summed E-state index contributed by atoms with van der Waals surface area (Å²) in [6.07, 6.45) is -0.923. The summed E-state index contributed by atoms with van der Waals surface area (Å²) in [7, 11) is -0.819. The van der Waals surface area contributed by atoms with E-state index >= 15 is 0 Å². The molecular formula is C14H23N2O6P. The molecule has 0 radical (unpaired) electrons. The van der Waals surface area contributed by atoms with E-state index in [0.717, 1.165) is 0 Å². The Morgan fingerprint density at radius 3 is 2.65 bits per heavy atom. The van der Waals surface area contributed by atoms with Crippen LogP contribution in [0, 0.1) is 6.92 Å². The van der Waals surface area contributed by atoms with Gasteiger partial charge in [-0.25, -0.2) is 4.79 Å². The highest BCUT2D eigenvalue weighted by Gasteiger charge is 2.45. The number of nitrogens with one attached hydrogen (secondary N) is 1. The molecule has 1 aliphatic heterocycles. The number of methoxy groups -OCH3 is 1. The number of aliphatic hydroxyl groups is 1. The zero-order valence-corrected chi connectivity index (χ0v) is 14.6. The number of aromatic amines is 1. The largest absolute Gasteiger partial charge is 0.388 e. The maximum atomic E-state index is 12.0. The molecule has 23 heavy (non-hydrogen) atoms. The van der Waals surface area contributed by atoms with E-state index in [2.05, 4.69) is 4.98 Å². The van der Waals surface area contributed by atoms with E-state index in [9.17, 15) is 19.3 Å². The van der Waals surface area contributed by atoms with Gasteiger partial charge in [-0.1, -0.05) is 0 Å². The third-order valence-corrected chi connectivity index (χ3v) is 5.29. The fraction of sp³-hybridized carbons (Fsp3) is 0.714. The zero-order chi connectivity index (χ0) is 17.4. The quantitative estimate of drug-likeness (QED) is 0.733. The van der Waals surface area contributed by atoms with Gasteiger partial charge >= 0.3 is 5.69 Å². The van der Waals surface area contributed by atoms with Gasteiger partial charge in [0.25, 0.3) is 5.56 Å². The molecular weight excluding hydrogens is 323 g/mol. The van der Waals surface area contributed by atoms with Crippen molar-refractivity contribution in [1.82, 2.24) is 9.55 Å². The summed E-state index contributed by atoms with van der Waals surface area (Å²) < 4.78 is 24.1. The number of rotatable bonds is 5.